The summed E-state index contributed by atoms with van der Waals surface area (Å²) in [6.45, 7) is 3.63. The third-order valence-electron chi connectivity index (χ3n) is 3.00. The van der Waals surface area contributed by atoms with Crippen LogP contribution in [0.3, 0.4) is 0 Å². The van der Waals surface area contributed by atoms with Crippen LogP contribution in [0.4, 0.5) is 5.69 Å². The van der Waals surface area contributed by atoms with Gasteiger partial charge in [-0.15, -0.1) is 0 Å². The molecule has 0 saturated heterocycles. The van der Waals surface area contributed by atoms with E-state index in [0.717, 1.165) is 0 Å². The van der Waals surface area contributed by atoms with Crippen LogP contribution in [-0.4, -0.2) is 20.4 Å². The summed E-state index contributed by atoms with van der Waals surface area (Å²) in [6.07, 6.45) is 0. The van der Waals surface area contributed by atoms with E-state index in [1.54, 1.807) is 12.1 Å². The molecule has 2 aromatic rings. The maximum atomic E-state index is 12.5. The lowest BCUT2D eigenvalue weighted by Gasteiger charge is -2.12. The smallest absolute Gasteiger partial charge is 0.263 e. The number of carbonyl (C=O) groups is 1. The normalized spacial score (nSPS) is 11.4. The molecule has 0 fully saturated rings. The zero-order valence-corrected chi connectivity index (χ0v) is 15.3. The highest BCUT2D eigenvalue weighted by molar-refractivity contribution is 7.92. The molecule has 0 atom stereocenters. The first-order valence-electron chi connectivity index (χ1n) is 7.08. The van der Waals surface area contributed by atoms with Gasteiger partial charge in [0.05, 0.1) is 5.02 Å². The minimum Gasteiger partial charge on any atom is -0.350 e. The lowest BCUT2D eigenvalue weighted by Crippen LogP contribution is -2.30. The summed E-state index contributed by atoms with van der Waals surface area (Å²) in [4.78, 5) is 11.9. The Hall–Kier alpha value is -1.76. The van der Waals surface area contributed by atoms with Crippen molar-refractivity contribution in [3.8, 4) is 0 Å². The van der Waals surface area contributed by atoms with Crippen LogP contribution in [0.25, 0.3) is 0 Å². The Morgan fingerprint density at radius 1 is 1.04 bits per heavy atom. The van der Waals surface area contributed by atoms with E-state index in [1.807, 2.05) is 13.8 Å². The zero-order valence-electron chi connectivity index (χ0n) is 13.0. The molecular weight excluding hydrogens is 371 g/mol. The van der Waals surface area contributed by atoms with E-state index in [-0.39, 0.29) is 27.4 Å². The number of amides is 1. The van der Waals surface area contributed by atoms with Crippen LogP contribution >= 0.6 is 23.2 Å². The van der Waals surface area contributed by atoms with Gasteiger partial charge in [0.2, 0.25) is 0 Å². The summed E-state index contributed by atoms with van der Waals surface area (Å²) in [5.74, 6) is -0.371. The number of carbonyl (C=O) groups excluding carboxylic acids is 1. The fourth-order valence-electron chi connectivity index (χ4n) is 1.92. The van der Waals surface area contributed by atoms with Crippen molar-refractivity contribution in [1.29, 1.82) is 0 Å². The Balaban J connectivity index is 2.35. The molecule has 0 heterocycles. The molecule has 0 aliphatic heterocycles. The van der Waals surface area contributed by atoms with Crippen molar-refractivity contribution in [3.05, 3.63) is 58.1 Å². The lowest BCUT2D eigenvalue weighted by molar-refractivity contribution is 0.0943. The molecule has 128 valence electrons. The van der Waals surface area contributed by atoms with Crippen LogP contribution in [0, 0.1) is 0 Å². The van der Waals surface area contributed by atoms with Gasteiger partial charge in [-0.3, -0.25) is 9.52 Å². The number of hydrogen-bond donors (Lipinski definition) is 2. The van der Waals surface area contributed by atoms with Crippen molar-refractivity contribution in [2.45, 2.75) is 24.8 Å². The summed E-state index contributed by atoms with van der Waals surface area (Å²) in [6, 6.07) is 10.2. The molecule has 0 aromatic heterocycles. The second-order valence-electron chi connectivity index (χ2n) is 5.39. The Morgan fingerprint density at radius 3 is 2.25 bits per heavy atom. The monoisotopic (exact) mass is 386 g/mol. The molecule has 24 heavy (non-hydrogen) atoms. The SMILES string of the molecule is CC(C)NC(=O)c1ccc(Cl)c(S(=O)(=O)Nc2ccc(Cl)cc2)c1. The standard InChI is InChI=1S/C16H16Cl2N2O3S/c1-10(2)19-16(21)11-3-8-14(18)15(9-11)24(22,23)20-13-6-4-12(17)5-7-13/h3-10,20H,1-2H3,(H,19,21). The third-order valence-corrected chi connectivity index (χ3v) is 5.11. The maximum Gasteiger partial charge on any atom is 0.263 e. The van der Waals surface area contributed by atoms with Gasteiger partial charge in [-0.2, -0.15) is 0 Å². The molecule has 0 aliphatic rings. The largest absolute Gasteiger partial charge is 0.350 e. The van der Waals surface area contributed by atoms with Gasteiger partial charge in [0.1, 0.15) is 4.90 Å². The number of anilines is 1. The molecular formula is C16H16Cl2N2O3S. The van der Waals surface area contributed by atoms with Gasteiger partial charge in [0, 0.05) is 22.3 Å². The fraction of sp³-hybridized carbons (Fsp3) is 0.188. The Labute approximate surface area is 151 Å². The lowest BCUT2D eigenvalue weighted by atomic mass is 10.2. The minimum atomic E-state index is -3.95. The average molecular weight is 387 g/mol. The van der Waals surface area contributed by atoms with Crippen LogP contribution in [0.1, 0.15) is 24.2 Å². The van der Waals surface area contributed by atoms with E-state index < -0.39 is 10.0 Å². The molecule has 8 heteroatoms. The fourth-order valence-corrected chi connectivity index (χ4v) is 3.64. The van der Waals surface area contributed by atoms with Crippen LogP contribution in [0.15, 0.2) is 47.4 Å². The molecule has 0 saturated carbocycles. The van der Waals surface area contributed by atoms with E-state index in [9.17, 15) is 13.2 Å². The maximum absolute atomic E-state index is 12.5. The predicted molar refractivity (Wildman–Crippen MR) is 96.3 cm³/mol. The van der Waals surface area contributed by atoms with Crippen molar-refractivity contribution in [1.82, 2.24) is 5.32 Å². The van der Waals surface area contributed by atoms with E-state index in [0.29, 0.717) is 10.7 Å². The van der Waals surface area contributed by atoms with Crippen molar-refractivity contribution in [3.63, 3.8) is 0 Å². The summed E-state index contributed by atoms with van der Waals surface area (Å²) >= 11 is 11.8. The van der Waals surface area contributed by atoms with E-state index in [1.165, 1.54) is 30.3 Å². The molecule has 0 unspecified atom stereocenters. The molecule has 2 rings (SSSR count). The Bertz CT molecular complexity index is 850. The summed E-state index contributed by atoms with van der Waals surface area (Å²) in [5, 5.41) is 3.22. The van der Waals surface area contributed by atoms with Crippen LogP contribution in [0.2, 0.25) is 10.0 Å². The van der Waals surface area contributed by atoms with Crippen LogP contribution < -0.4 is 10.0 Å². The number of sulfonamides is 1. The van der Waals surface area contributed by atoms with Gasteiger partial charge < -0.3 is 5.32 Å². The van der Waals surface area contributed by atoms with Crippen LogP contribution in [-0.2, 0) is 10.0 Å². The molecule has 2 N–H and O–H groups in total. The topological polar surface area (TPSA) is 75.3 Å². The summed E-state index contributed by atoms with van der Waals surface area (Å²) in [5.41, 5.74) is 0.553. The Kier molecular flexibility index (Phi) is 5.74. The molecule has 0 bridgehead atoms. The van der Waals surface area contributed by atoms with Crippen molar-refractivity contribution < 1.29 is 13.2 Å². The molecule has 0 aliphatic carbocycles. The van der Waals surface area contributed by atoms with Gasteiger partial charge >= 0.3 is 0 Å². The first-order valence-corrected chi connectivity index (χ1v) is 9.32. The molecule has 0 spiro atoms. The number of benzene rings is 2. The highest BCUT2D eigenvalue weighted by Gasteiger charge is 2.20. The first-order chi connectivity index (χ1) is 11.2. The quantitative estimate of drug-likeness (QED) is 0.816. The zero-order chi connectivity index (χ0) is 17.9. The van der Waals surface area contributed by atoms with Gasteiger partial charge in [-0.25, -0.2) is 8.42 Å². The summed E-state index contributed by atoms with van der Waals surface area (Å²) in [7, 11) is -3.95. The predicted octanol–water partition coefficient (Wildman–Crippen LogP) is 3.93. The molecule has 5 nitrogen and oxygen atoms in total. The number of rotatable bonds is 5. The van der Waals surface area contributed by atoms with Crippen molar-refractivity contribution in [2.75, 3.05) is 4.72 Å². The number of nitrogens with one attached hydrogen (secondary N) is 2. The van der Waals surface area contributed by atoms with Crippen LogP contribution in [0.5, 0.6) is 0 Å². The first kappa shape index (κ1) is 18.6. The second kappa shape index (κ2) is 7.42. The van der Waals surface area contributed by atoms with Gasteiger partial charge in [-0.05, 0) is 56.3 Å². The van der Waals surface area contributed by atoms with E-state index in [4.69, 9.17) is 23.2 Å². The molecule has 1 amide bonds. The second-order valence-corrected chi connectivity index (χ2v) is 7.88. The Morgan fingerprint density at radius 2 is 1.67 bits per heavy atom. The molecule has 0 radical (unpaired) electrons. The summed E-state index contributed by atoms with van der Waals surface area (Å²) < 4.78 is 27.5. The minimum absolute atomic E-state index is 0.0255. The van der Waals surface area contributed by atoms with Crippen molar-refractivity contribution >= 4 is 44.8 Å². The van der Waals surface area contributed by atoms with Gasteiger partial charge in [0.15, 0.2) is 0 Å². The third kappa shape index (κ3) is 4.63. The van der Waals surface area contributed by atoms with Crippen molar-refractivity contribution in [2.24, 2.45) is 0 Å². The number of halogens is 2. The molecule has 2 aromatic carbocycles. The number of hydrogen-bond acceptors (Lipinski definition) is 3. The highest BCUT2D eigenvalue weighted by atomic mass is 35.5. The van der Waals surface area contributed by atoms with E-state index >= 15 is 0 Å². The highest BCUT2D eigenvalue weighted by Crippen LogP contribution is 2.25. The van der Waals surface area contributed by atoms with Gasteiger partial charge in [-0.1, -0.05) is 23.2 Å². The average Bonchev–Trinajstić information content (AvgIpc) is 2.49. The van der Waals surface area contributed by atoms with E-state index in [2.05, 4.69) is 10.0 Å². The van der Waals surface area contributed by atoms with Gasteiger partial charge in [0.25, 0.3) is 15.9 Å².